The van der Waals surface area contributed by atoms with Gasteiger partial charge in [-0.15, -0.1) is 0 Å². The minimum absolute atomic E-state index is 0.166. The van der Waals surface area contributed by atoms with Crippen LogP contribution < -0.4 is 14.8 Å². The van der Waals surface area contributed by atoms with Gasteiger partial charge in [0.15, 0.2) is 5.60 Å². The van der Waals surface area contributed by atoms with E-state index in [1.54, 1.807) is 38.3 Å². The molecular weight excluding hydrogens is 962 g/mol. The molecular formula is C67H60F5NO3. The molecule has 8 aromatic carbocycles. The molecule has 1 saturated carbocycles. The van der Waals surface area contributed by atoms with E-state index in [1.807, 2.05) is 92.7 Å². The average Bonchev–Trinajstić information content (AvgIpc) is 3.86. The fourth-order valence-corrected chi connectivity index (χ4v) is 12.5. The summed E-state index contributed by atoms with van der Waals surface area (Å²) in [5.74, 6) is 1.17. The van der Waals surface area contributed by atoms with Gasteiger partial charge in [0.2, 0.25) is 0 Å². The van der Waals surface area contributed by atoms with Gasteiger partial charge in [0.25, 0.3) is 5.91 Å². The van der Waals surface area contributed by atoms with Gasteiger partial charge in [-0.25, -0.2) is 8.78 Å². The molecule has 9 heteroatoms. The number of aryl methyl sites for hydroxylation is 1. The maximum atomic E-state index is 15.2. The van der Waals surface area contributed by atoms with Crippen LogP contribution >= 0.6 is 0 Å². The van der Waals surface area contributed by atoms with Crippen molar-refractivity contribution in [1.82, 2.24) is 0 Å². The second kappa shape index (κ2) is 19.9. The van der Waals surface area contributed by atoms with E-state index in [1.165, 1.54) is 87.3 Å². The third-order valence-electron chi connectivity index (χ3n) is 16.4. The van der Waals surface area contributed by atoms with Crippen LogP contribution in [-0.2, 0) is 17.2 Å². The number of amides is 1. The number of ether oxygens (including phenoxy) is 2. The van der Waals surface area contributed by atoms with Crippen LogP contribution in [0.15, 0.2) is 152 Å². The predicted octanol–water partition coefficient (Wildman–Crippen LogP) is 18.5. The fourth-order valence-electron chi connectivity index (χ4n) is 12.5. The number of hydrogen-bond donors (Lipinski definition) is 1. The molecule has 386 valence electrons. The highest BCUT2D eigenvalue weighted by Gasteiger charge is 2.49. The summed E-state index contributed by atoms with van der Waals surface area (Å²) in [6.45, 7) is 7.57. The number of methoxy groups -OCH3 is 1. The Kier molecular flexibility index (Phi) is 13.2. The number of hydrogen-bond acceptors (Lipinski definition) is 3. The summed E-state index contributed by atoms with van der Waals surface area (Å²) >= 11 is 0. The molecule has 1 N–H and O–H groups in total. The Bertz CT molecular complexity index is 3470. The normalized spacial score (nSPS) is 17.1. The lowest BCUT2D eigenvalue weighted by Crippen LogP contribution is -2.35. The lowest BCUT2D eigenvalue weighted by atomic mass is 9.75. The van der Waals surface area contributed by atoms with Crippen molar-refractivity contribution in [3.05, 3.63) is 213 Å². The molecule has 1 heterocycles. The Labute approximate surface area is 441 Å². The monoisotopic (exact) mass is 1020 g/mol. The molecule has 0 spiro atoms. The van der Waals surface area contributed by atoms with E-state index >= 15 is 13.2 Å². The standard InChI is InChI=1S/C67H60F5NO3/c1-6-7-8-9-41-10-12-42(13-11-41)43-14-16-44(17-15-43)45-18-20-47(21-19-45)64(74)73-52-32-22-46(23-33-52)54-38-55-56(39-59(54)75-5)63-53(62-60(55)57-36-40(2)37-58(67(70,71)72)61(57)65(62,3)4)34-35-66(76-63,48-24-28-50(68)29-25-48)49-26-30-51(69)31-27-49/h14-39,41-42H,6-13H2,1-5H3,(H,73,74). The van der Waals surface area contributed by atoms with Crippen LogP contribution in [0.25, 0.3) is 50.2 Å². The number of halogens is 5. The molecule has 1 fully saturated rings. The molecule has 11 rings (SSSR count). The largest absolute Gasteiger partial charge is 0.496 e. The molecule has 3 aliphatic rings. The first kappa shape index (κ1) is 50.6. The van der Waals surface area contributed by atoms with E-state index in [2.05, 4.69) is 36.5 Å². The Hall–Kier alpha value is -7.52. The number of unbranched alkanes of at least 4 members (excludes halogenated alkanes) is 2. The Balaban J connectivity index is 0.924. The summed E-state index contributed by atoms with van der Waals surface area (Å²) in [6, 6.07) is 42.5. The number of fused-ring (bicyclic) bond motifs is 8. The zero-order valence-electron chi connectivity index (χ0n) is 43.4. The maximum Gasteiger partial charge on any atom is 0.416 e. The molecule has 0 saturated heterocycles. The summed E-state index contributed by atoms with van der Waals surface area (Å²) in [6.07, 6.45) is 9.53. The molecule has 0 radical (unpaired) electrons. The van der Waals surface area contributed by atoms with Crippen LogP contribution in [0.4, 0.5) is 27.6 Å². The van der Waals surface area contributed by atoms with Crippen molar-refractivity contribution in [3.63, 3.8) is 0 Å². The molecule has 1 amide bonds. The summed E-state index contributed by atoms with van der Waals surface area (Å²) in [5.41, 5.74) is 6.88. The zero-order valence-corrected chi connectivity index (χ0v) is 43.4. The Morgan fingerprint density at radius 3 is 1.89 bits per heavy atom. The van der Waals surface area contributed by atoms with E-state index in [4.69, 9.17) is 9.47 Å². The molecule has 0 aromatic heterocycles. The van der Waals surface area contributed by atoms with E-state index < -0.39 is 34.4 Å². The van der Waals surface area contributed by atoms with Crippen molar-refractivity contribution < 1.29 is 36.2 Å². The van der Waals surface area contributed by atoms with Crippen LogP contribution in [0.3, 0.4) is 0 Å². The van der Waals surface area contributed by atoms with Gasteiger partial charge in [0.05, 0.1) is 12.7 Å². The second-order valence-corrected chi connectivity index (χ2v) is 21.6. The van der Waals surface area contributed by atoms with E-state index in [0.29, 0.717) is 83.9 Å². The molecule has 0 atom stereocenters. The van der Waals surface area contributed by atoms with Gasteiger partial charge in [-0.3, -0.25) is 4.79 Å². The lowest BCUT2D eigenvalue weighted by molar-refractivity contribution is -0.138. The van der Waals surface area contributed by atoms with Gasteiger partial charge in [-0.1, -0.05) is 131 Å². The first-order valence-electron chi connectivity index (χ1n) is 26.5. The average molecular weight is 1020 g/mol. The van der Waals surface area contributed by atoms with Crippen LogP contribution in [0.2, 0.25) is 0 Å². The summed E-state index contributed by atoms with van der Waals surface area (Å²) < 4.78 is 88.1. The zero-order chi connectivity index (χ0) is 53.1. The third-order valence-corrected chi connectivity index (χ3v) is 16.4. The van der Waals surface area contributed by atoms with Crippen LogP contribution in [-0.4, -0.2) is 13.0 Å². The molecule has 0 unspecified atom stereocenters. The van der Waals surface area contributed by atoms with E-state index in [-0.39, 0.29) is 11.5 Å². The molecule has 0 bridgehead atoms. The highest BCUT2D eigenvalue weighted by molar-refractivity contribution is 6.11. The second-order valence-electron chi connectivity index (χ2n) is 21.6. The fraction of sp³-hybridized carbons (Fsp3) is 0.269. The summed E-state index contributed by atoms with van der Waals surface area (Å²) in [5, 5.41) is 4.24. The van der Waals surface area contributed by atoms with E-state index in [9.17, 15) is 13.6 Å². The molecule has 2 aliphatic carbocycles. The first-order chi connectivity index (χ1) is 36.6. The van der Waals surface area contributed by atoms with Crippen molar-refractivity contribution in [3.8, 4) is 44.9 Å². The van der Waals surface area contributed by atoms with Crippen molar-refractivity contribution in [1.29, 1.82) is 0 Å². The lowest BCUT2D eigenvalue weighted by Gasteiger charge is -2.38. The van der Waals surface area contributed by atoms with Crippen molar-refractivity contribution in [2.24, 2.45) is 5.92 Å². The maximum absolute atomic E-state index is 15.2. The van der Waals surface area contributed by atoms with Crippen LogP contribution in [0, 0.1) is 24.5 Å². The van der Waals surface area contributed by atoms with Crippen molar-refractivity contribution in [2.45, 2.75) is 102 Å². The van der Waals surface area contributed by atoms with Crippen molar-refractivity contribution in [2.75, 3.05) is 12.4 Å². The third kappa shape index (κ3) is 9.15. The molecule has 4 nitrogen and oxygen atoms in total. The Morgan fingerprint density at radius 1 is 0.697 bits per heavy atom. The minimum atomic E-state index is -4.65. The van der Waals surface area contributed by atoms with Gasteiger partial charge in [-0.2, -0.15) is 13.2 Å². The number of nitrogens with one attached hydrogen (secondary N) is 1. The van der Waals surface area contributed by atoms with E-state index in [0.717, 1.165) is 22.6 Å². The predicted molar refractivity (Wildman–Crippen MR) is 295 cm³/mol. The molecule has 76 heavy (non-hydrogen) atoms. The topological polar surface area (TPSA) is 47.6 Å². The van der Waals surface area contributed by atoms with Crippen LogP contribution in [0.5, 0.6) is 11.5 Å². The van der Waals surface area contributed by atoms with Gasteiger partial charge >= 0.3 is 6.18 Å². The number of anilines is 1. The number of rotatable bonds is 12. The minimum Gasteiger partial charge on any atom is -0.496 e. The Morgan fingerprint density at radius 2 is 1.30 bits per heavy atom. The first-order valence-corrected chi connectivity index (χ1v) is 26.5. The van der Waals surface area contributed by atoms with Crippen molar-refractivity contribution >= 4 is 28.4 Å². The summed E-state index contributed by atoms with van der Waals surface area (Å²) in [4.78, 5) is 13.7. The number of alkyl halides is 3. The van der Waals surface area contributed by atoms with Gasteiger partial charge in [0.1, 0.15) is 23.1 Å². The van der Waals surface area contributed by atoms with Crippen LogP contribution in [0.1, 0.15) is 133 Å². The van der Waals surface area contributed by atoms with Gasteiger partial charge in [0, 0.05) is 44.3 Å². The molecule has 1 aliphatic heterocycles. The quantitative estimate of drug-likeness (QED) is 0.0980. The highest BCUT2D eigenvalue weighted by atomic mass is 19.4. The number of carbonyl (C=O) groups excluding carboxylic acids is 1. The highest BCUT2D eigenvalue weighted by Crippen LogP contribution is 2.61. The van der Waals surface area contributed by atoms with Gasteiger partial charge in [-0.05, 0) is 173 Å². The SMILES string of the molecule is CCCCCC1CCC(c2ccc(-c3ccc(C(=O)Nc4ccc(-c5cc6c7c(c8c(c6cc5OC)OC(c5ccc(F)cc5)(c5ccc(F)cc5)C=C8)C(C)(C)c5c-7cc(C)cc5C(F)(F)F)cc4)cc3)cc2)CC1. The number of benzene rings is 8. The van der Waals surface area contributed by atoms with Gasteiger partial charge < -0.3 is 14.8 Å². The number of carbonyl (C=O) groups is 1. The summed E-state index contributed by atoms with van der Waals surface area (Å²) in [7, 11) is 1.56. The smallest absolute Gasteiger partial charge is 0.416 e. The molecule has 8 aromatic rings.